The Kier molecular flexibility index (Phi) is 24.0. The lowest BCUT2D eigenvalue weighted by Gasteiger charge is -2.29. The summed E-state index contributed by atoms with van der Waals surface area (Å²) in [4.78, 5) is 51.2. The van der Waals surface area contributed by atoms with E-state index in [2.05, 4.69) is 12.2 Å². The molecule has 0 saturated carbocycles. The van der Waals surface area contributed by atoms with Gasteiger partial charge in [0.1, 0.15) is 19.3 Å². The number of ether oxygens (including phenoxy) is 4. The second-order valence-electron chi connectivity index (χ2n) is 11.8. The number of esters is 1. The van der Waals surface area contributed by atoms with E-state index in [1.807, 2.05) is 6.92 Å². The molecular formula is C34H61N3O8S. The van der Waals surface area contributed by atoms with Gasteiger partial charge in [0.05, 0.1) is 6.54 Å². The predicted molar refractivity (Wildman–Crippen MR) is 182 cm³/mol. The van der Waals surface area contributed by atoms with E-state index in [9.17, 15) is 19.2 Å². The van der Waals surface area contributed by atoms with Crippen molar-refractivity contribution in [2.24, 2.45) is 0 Å². The number of hydrogen-bond donors (Lipinski definition) is 1. The lowest BCUT2D eigenvalue weighted by atomic mass is 10.0. The zero-order valence-electron chi connectivity index (χ0n) is 29.1. The number of likely N-dealkylation sites (N-methyl/N-ethyl adjacent to an activating group) is 1. The first-order valence-electron chi connectivity index (χ1n) is 17.4. The number of rotatable bonds is 26. The van der Waals surface area contributed by atoms with Crippen molar-refractivity contribution in [3.05, 3.63) is 11.1 Å². The summed E-state index contributed by atoms with van der Waals surface area (Å²) in [5.74, 6) is -0.920. The minimum Gasteiger partial charge on any atom is -0.447 e. The third-order valence-corrected chi connectivity index (χ3v) is 8.89. The van der Waals surface area contributed by atoms with Crippen molar-refractivity contribution in [3.8, 4) is 0 Å². The molecule has 0 bridgehead atoms. The van der Waals surface area contributed by atoms with Gasteiger partial charge >= 0.3 is 18.2 Å². The van der Waals surface area contributed by atoms with Crippen LogP contribution in [0.4, 0.5) is 9.59 Å². The molecule has 0 aromatic rings. The van der Waals surface area contributed by atoms with E-state index in [1.165, 1.54) is 123 Å². The van der Waals surface area contributed by atoms with E-state index < -0.39 is 35.7 Å². The van der Waals surface area contributed by atoms with Crippen molar-refractivity contribution in [2.45, 2.75) is 142 Å². The maximum Gasteiger partial charge on any atom is 0.416 e. The van der Waals surface area contributed by atoms with Gasteiger partial charge in [-0.2, -0.15) is 0 Å². The number of nitrogens with zero attached hydrogens (tertiary/aromatic N) is 2. The van der Waals surface area contributed by atoms with Crippen LogP contribution in [0.3, 0.4) is 0 Å². The average molecular weight is 672 g/mol. The van der Waals surface area contributed by atoms with Crippen LogP contribution in [0.25, 0.3) is 0 Å². The number of carbonyl (C=O) groups is 4. The molecule has 0 aromatic carbocycles. The highest BCUT2D eigenvalue weighted by atomic mass is 32.2. The van der Waals surface area contributed by atoms with Gasteiger partial charge in [-0.1, -0.05) is 115 Å². The molecule has 0 fully saturated rings. The number of hydrogen-bond acceptors (Lipinski definition) is 10. The third kappa shape index (κ3) is 19.3. The van der Waals surface area contributed by atoms with Crippen molar-refractivity contribution in [2.75, 3.05) is 40.0 Å². The molecule has 1 aliphatic heterocycles. The molecule has 2 atom stereocenters. The number of alkyl carbamates (subject to hydrolysis) is 1. The summed E-state index contributed by atoms with van der Waals surface area (Å²) in [6, 6.07) is 0. The Morgan fingerprint density at radius 3 is 1.83 bits per heavy atom. The van der Waals surface area contributed by atoms with Crippen molar-refractivity contribution in [3.63, 3.8) is 0 Å². The monoisotopic (exact) mass is 671 g/mol. The molecule has 46 heavy (non-hydrogen) atoms. The first-order chi connectivity index (χ1) is 22.2. The summed E-state index contributed by atoms with van der Waals surface area (Å²) in [6.45, 7) is 7.45. The average Bonchev–Trinajstić information content (AvgIpc) is 3.41. The van der Waals surface area contributed by atoms with Gasteiger partial charge in [0.25, 0.3) is 0 Å². The maximum atomic E-state index is 12.7. The van der Waals surface area contributed by atoms with Crippen LogP contribution in [0.1, 0.15) is 130 Å². The minimum atomic E-state index is -0.847. The van der Waals surface area contributed by atoms with Gasteiger partial charge in [0.15, 0.2) is 0 Å². The zero-order chi connectivity index (χ0) is 34.0. The smallest absolute Gasteiger partial charge is 0.416 e. The predicted octanol–water partition coefficient (Wildman–Crippen LogP) is 7.73. The molecular weight excluding hydrogens is 610 g/mol. The molecule has 1 N–H and O–H groups in total. The fourth-order valence-electron chi connectivity index (χ4n) is 5.10. The molecule has 1 heterocycles. The SMILES string of the molecule is CCCCCCCCCCCCCCCCCCNC(=O)OCC(COC(=O)N(CC1=CSC(OC(C)=O)N1CC)C(C)=O)OC. The summed E-state index contributed by atoms with van der Waals surface area (Å²) in [7, 11) is 1.42. The second-order valence-corrected chi connectivity index (χ2v) is 12.7. The van der Waals surface area contributed by atoms with Gasteiger partial charge in [-0.25, -0.2) is 14.5 Å². The molecule has 0 radical (unpaired) electrons. The van der Waals surface area contributed by atoms with E-state index in [0.29, 0.717) is 18.8 Å². The number of unbranched alkanes of at least 4 members (excludes halogenated alkanes) is 15. The van der Waals surface area contributed by atoms with E-state index in [0.717, 1.165) is 17.7 Å². The molecule has 3 amide bonds. The van der Waals surface area contributed by atoms with Gasteiger partial charge in [-0.3, -0.25) is 9.59 Å². The fraction of sp³-hybridized carbons (Fsp3) is 0.824. The lowest BCUT2D eigenvalue weighted by molar-refractivity contribution is -0.147. The Hall–Kier alpha value is -2.47. The van der Waals surface area contributed by atoms with Gasteiger partial charge in [0.2, 0.25) is 11.5 Å². The van der Waals surface area contributed by atoms with Crippen molar-refractivity contribution in [1.82, 2.24) is 15.1 Å². The zero-order valence-corrected chi connectivity index (χ0v) is 30.0. The quantitative estimate of drug-likeness (QED) is 0.0555. The number of carbonyl (C=O) groups excluding carboxylic acids is 4. The van der Waals surface area contributed by atoms with Crippen LogP contribution in [0, 0.1) is 0 Å². The lowest BCUT2D eigenvalue weighted by Crippen LogP contribution is -2.42. The number of nitrogens with one attached hydrogen (secondary N) is 1. The first-order valence-corrected chi connectivity index (χ1v) is 18.3. The maximum absolute atomic E-state index is 12.7. The van der Waals surface area contributed by atoms with Gasteiger partial charge in [-0.05, 0) is 18.8 Å². The van der Waals surface area contributed by atoms with E-state index in [1.54, 1.807) is 10.3 Å². The molecule has 12 heteroatoms. The molecule has 266 valence electrons. The molecule has 1 aliphatic rings. The number of methoxy groups -OCH3 is 1. The number of thioether (sulfide) groups is 1. The Bertz CT molecular complexity index is 904. The first kappa shape index (κ1) is 41.6. The van der Waals surface area contributed by atoms with Crippen LogP contribution < -0.4 is 5.32 Å². The Morgan fingerprint density at radius 1 is 0.826 bits per heavy atom. The van der Waals surface area contributed by atoms with Crippen LogP contribution in [0.2, 0.25) is 0 Å². The Morgan fingerprint density at radius 2 is 1.35 bits per heavy atom. The van der Waals surface area contributed by atoms with Crippen molar-refractivity contribution < 1.29 is 38.1 Å². The summed E-state index contributed by atoms with van der Waals surface area (Å²) < 4.78 is 21.1. The topological polar surface area (TPSA) is 124 Å². The van der Waals surface area contributed by atoms with Gasteiger partial charge in [-0.15, -0.1) is 0 Å². The highest BCUT2D eigenvalue weighted by molar-refractivity contribution is 8.02. The fourth-order valence-corrected chi connectivity index (χ4v) is 6.21. The van der Waals surface area contributed by atoms with E-state index in [-0.39, 0.29) is 19.8 Å². The molecule has 0 saturated heterocycles. The van der Waals surface area contributed by atoms with Crippen molar-refractivity contribution >= 4 is 35.8 Å². The summed E-state index contributed by atoms with van der Waals surface area (Å²) in [5.41, 5.74) is 0.103. The number of amides is 3. The Balaban J connectivity index is 2.14. The summed E-state index contributed by atoms with van der Waals surface area (Å²) in [5, 5.41) is 4.51. The van der Waals surface area contributed by atoms with Crippen LogP contribution in [0.15, 0.2) is 11.1 Å². The van der Waals surface area contributed by atoms with Crippen LogP contribution in [-0.4, -0.2) is 85.5 Å². The van der Waals surface area contributed by atoms with Crippen molar-refractivity contribution in [1.29, 1.82) is 0 Å². The van der Waals surface area contributed by atoms with Gasteiger partial charge in [0, 0.05) is 39.7 Å². The number of imide groups is 1. The molecule has 11 nitrogen and oxygen atoms in total. The highest BCUT2D eigenvalue weighted by Crippen LogP contribution is 2.32. The second kappa shape index (κ2) is 26.6. The standard InChI is InChI=1S/C34H61N3O8S/c1-6-8-9-10-11-12-13-14-15-16-17-18-19-20-21-22-23-35-32(40)43-25-31(42-5)26-44-33(41)37(28(3)38)24-30-27-46-34(36(30)7-2)45-29(4)39/h27,31,34H,6-26H2,1-5H3,(H,35,40). The molecule has 0 spiro atoms. The van der Waals surface area contributed by atoms with Crippen LogP contribution >= 0.6 is 11.8 Å². The largest absolute Gasteiger partial charge is 0.447 e. The molecule has 1 rings (SSSR count). The minimum absolute atomic E-state index is 0.0390. The van der Waals surface area contributed by atoms with E-state index in [4.69, 9.17) is 18.9 Å². The van der Waals surface area contributed by atoms with Crippen LogP contribution in [-0.2, 0) is 28.5 Å². The molecule has 0 aliphatic carbocycles. The third-order valence-electron chi connectivity index (χ3n) is 7.90. The molecule has 2 unspecified atom stereocenters. The molecule has 0 aromatic heterocycles. The summed E-state index contributed by atoms with van der Waals surface area (Å²) >= 11 is 1.28. The highest BCUT2D eigenvalue weighted by Gasteiger charge is 2.32. The van der Waals surface area contributed by atoms with Gasteiger partial charge < -0.3 is 29.2 Å². The van der Waals surface area contributed by atoms with E-state index >= 15 is 0 Å². The summed E-state index contributed by atoms with van der Waals surface area (Å²) in [6.07, 6.45) is 18.7. The van der Waals surface area contributed by atoms with Crippen LogP contribution in [0.5, 0.6) is 0 Å². The Labute approximate surface area is 281 Å². The normalized spacial score (nSPS) is 14.8.